The average Bonchev–Trinajstić information content (AvgIpc) is 2.56. The van der Waals surface area contributed by atoms with Crippen LogP contribution in [0.5, 0.6) is 5.75 Å². The Morgan fingerprint density at radius 1 is 1.04 bits per heavy atom. The van der Waals surface area contributed by atoms with Crippen LogP contribution in [0.15, 0.2) is 42.5 Å². The lowest BCUT2D eigenvalue weighted by Gasteiger charge is -2.11. The van der Waals surface area contributed by atoms with Crippen LogP contribution in [-0.4, -0.2) is 19.1 Å². The van der Waals surface area contributed by atoms with Gasteiger partial charge >= 0.3 is 0 Å². The van der Waals surface area contributed by atoms with Crippen molar-refractivity contribution < 1.29 is 9.53 Å². The van der Waals surface area contributed by atoms with Crippen LogP contribution in [0.25, 0.3) is 0 Å². The smallest absolute Gasteiger partial charge is 0.243 e. The van der Waals surface area contributed by atoms with Gasteiger partial charge in [0, 0.05) is 17.4 Å². The summed E-state index contributed by atoms with van der Waals surface area (Å²) in [6.07, 6.45) is 1.02. The SMILES string of the molecule is Cc1ccc(NC(=O)CNc2cccc(OCCC(C)C)c2)cc1C. The fourth-order valence-corrected chi connectivity index (χ4v) is 2.32. The average molecular weight is 340 g/mol. The van der Waals surface area contributed by atoms with Crippen molar-refractivity contribution in [3.63, 3.8) is 0 Å². The maximum absolute atomic E-state index is 12.1. The van der Waals surface area contributed by atoms with Gasteiger partial charge < -0.3 is 15.4 Å². The van der Waals surface area contributed by atoms with E-state index in [2.05, 4.69) is 31.4 Å². The molecule has 2 aromatic rings. The number of rotatable bonds is 8. The van der Waals surface area contributed by atoms with E-state index in [1.54, 1.807) is 0 Å². The highest BCUT2D eigenvalue weighted by Crippen LogP contribution is 2.18. The third-order valence-electron chi connectivity index (χ3n) is 4.04. The second-order valence-electron chi connectivity index (χ2n) is 6.76. The minimum absolute atomic E-state index is 0.0746. The number of carbonyl (C=O) groups is 1. The van der Waals surface area contributed by atoms with Crippen LogP contribution in [0.2, 0.25) is 0 Å². The predicted molar refractivity (Wildman–Crippen MR) is 104 cm³/mol. The van der Waals surface area contributed by atoms with Crippen molar-refractivity contribution in [1.29, 1.82) is 0 Å². The number of ether oxygens (including phenoxy) is 1. The lowest BCUT2D eigenvalue weighted by Crippen LogP contribution is -2.21. The quantitative estimate of drug-likeness (QED) is 0.727. The molecular weight excluding hydrogens is 312 g/mol. The van der Waals surface area contributed by atoms with Gasteiger partial charge in [-0.2, -0.15) is 0 Å². The molecule has 0 saturated carbocycles. The first-order valence-electron chi connectivity index (χ1n) is 8.78. The van der Waals surface area contributed by atoms with Gasteiger partial charge in [0.15, 0.2) is 0 Å². The molecule has 0 heterocycles. The molecule has 0 aromatic heterocycles. The van der Waals surface area contributed by atoms with E-state index < -0.39 is 0 Å². The summed E-state index contributed by atoms with van der Waals surface area (Å²) in [4.78, 5) is 12.1. The number of hydrogen-bond donors (Lipinski definition) is 2. The van der Waals surface area contributed by atoms with Crippen molar-refractivity contribution in [2.24, 2.45) is 5.92 Å². The summed E-state index contributed by atoms with van der Waals surface area (Å²) in [6, 6.07) is 13.6. The topological polar surface area (TPSA) is 50.4 Å². The molecular formula is C21H28N2O2. The minimum Gasteiger partial charge on any atom is -0.494 e. The van der Waals surface area contributed by atoms with Gasteiger partial charge in [-0.15, -0.1) is 0 Å². The second kappa shape index (κ2) is 9.11. The van der Waals surface area contributed by atoms with Crippen LogP contribution in [0, 0.1) is 19.8 Å². The molecule has 4 nitrogen and oxygen atoms in total. The minimum atomic E-state index is -0.0746. The molecule has 2 aromatic carbocycles. The van der Waals surface area contributed by atoms with E-state index in [1.165, 1.54) is 5.56 Å². The molecule has 0 spiro atoms. The molecule has 0 atom stereocenters. The molecule has 0 aliphatic rings. The fraction of sp³-hybridized carbons (Fsp3) is 0.381. The first-order chi connectivity index (χ1) is 11.9. The highest BCUT2D eigenvalue weighted by atomic mass is 16.5. The van der Waals surface area contributed by atoms with Crippen LogP contribution < -0.4 is 15.4 Å². The number of nitrogens with one attached hydrogen (secondary N) is 2. The van der Waals surface area contributed by atoms with Gasteiger partial charge in [-0.3, -0.25) is 4.79 Å². The standard InChI is InChI=1S/C21H28N2O2/c1-15(2)10-11-25-20-7-5-6-18(13-20)22-14-21(24)23-19-9-8-16(3)17(4)12-19/h5-9,12-13,15,22H,10-11,14H2,1-4H3,(H,23,24). The highest BCUT2D eigenvalue weighted by Gasteiger charge is 2.04. The fourth-order valence-electron chi connectivity index (χ4n) is 2.32. The van der Waals surface area contributed by atoms with E-state index in [-0.39, 0.29) is 12.5 Å². The van der Waals surface area contributed by atoms with Crippen LogP contribution in [0.3, 0.4) is 0 Å². The van der Waals surface area contributed by atoms with Crippen molar-refractivity contribution >= 4 is 17.3 Å². The van der Waals surface area contributed by atoms with Crippen LogP contribution in [-0.2, 0) is 4.79 Å². The summed E-state index contributed by atoms with van der Waals surface area (Å²) in [5.41, 5.74) is 4.07. The van der Waals surface area contributed by atoms with Crippen molar-refractivity contribution in [1.82, 2.24) is 0 Å². The van der Waals surface area contributed by atoms with E-state index in [4.69, 9.17) is 4.74 Å². The molecule has 1 amide bonds. The maximum Gasteiger partial charge on any atom is 0.243 e. The van der Waals surface area contributed by atoms with Gasteiger partial charge in [0.2, 0.25) is 5.91 Å². The Morgan fingerprint density at radius 2 is 1.84 bits per heavy atom. The Hall–Kier alpha value is -2.49. The maximum atomic E-state index is 12.1. The van der Waals surface area contributed by atoms with Crippen molar-refractivity contribution in [3.05, 3.63) is 53.6 Å². The molecule has 134 valence electrons. The molecule has 0 saturated heterocycles. The Bertz CT molecular complexity index is 711. The summed E-state index contributed by atoms with van der Waals surface area (Å²) in [7, 11) is 0. The third kappa shape index (κ3) is 6.49. The summed E-state index contributed by atoms with van der Waals surface area (Å²) in [5, 5.41) is 6.05. The normalized spacial score (nSPS) is 10.6. The molecule has 2 rings (SSSR count). The number of amides is 1. The van der Waals surface area contributed by atoms with Crippen LogP contribution in [0.4, 0.5) is 11.4 Å². The third-order valence-corrected chi connectivity index (χ3v) is 4.04. The number of aryl methyl sites for hydroxylation is 2. The molecule has 2 N–H and O–H groups in total. The van der Waals surface area contributed by atoms with Crippen molar-refractivity contribution in [2.75, 3.05) is 23.8 Å². The summed E-state index contributed by atoms with van der Waals surface area (Å²) in [6.45, 7) is 9.36. The Morgan fingerprint density at radius 3 is 2.56 bits per heavy atom. The van der Waals surface area contributed by atoms with E-state index in [0.29, 0.717) is 12.5 Å². The molecule has 25 heavy (non-hydrogen) atoms. The Kier molecular flexibility index (Phi) is 6.87. The Labute approximate surface area is 150 Å². The molecule has 4 heteroatoms. The van der Waals surface area contributed by atoms with Gasteiger partial charge in [0.1, 0.15) is 5.75 Å². The number of hydrogen-bond acceptors (Lipinski definition) is 3. The van der Waals surface area contributed by atoms with Crippen LogP contribution >= 0.6 is 0 Å². The summed E-state index contributed by atoms with van der Waals surface area (Å²) >= 11 is 0. The number of anilines is 2. The molecule has 0 aliphatic heterocycles. The van der Waals surface area contributed by atoms with Crippen molar-refractivity contribution in [2.45, 2.75) is 34.1 Å². The highest BCUT2D eigenvalue weighted by molar-refractivity contribution is 5.93. The molecule has 0 radical (unpaired) electrons. The monoisotopic (exact) mass is 340 g/mol. The lowest BCUT2D eigenvalue weighted by atomic mass is 10.1. The zero-order chi connectivity index (χ0) is 18.2. The van der Waals surface area contributed by atoms with Crippen LogP contribution in [0.1, 0.15) is 31.4 Å². The summed E-state index contributed by atoms with van der Waals surface area (Å²) in [5.74, 6) is 1.37. The first kappa shape index (κ1) is 18.8. The molecule has 0 unspecified atom stereocenters. The second-order valence-corrected chi connectivity index (χ2v) is 6.76. The number of carbonyl (C=O) groups excluding carboxylic acids is 1. The van der Waals surface area contributed by atoms with E-state index >= 15 is 0 Å². The van der Waals surface area contributed by atoms with Gasteiger partial charge in [0.05, 0.1) is 13.2 Å². The van der Waals surface area contributed by atoms with E-state index in [9.17, 15) is 4.79 Å². The van der Waals surface area contributed by atoms with Crippen molar-refractivity contribution in [3.8, 4) is 5.75 Å². The van der Waals surface area contributed by atoms with Gasteiger partial charge in [-0.25, -0.2) is 0 Å². The summed E-state index contributed by atoms with van der Waals surface area (Å²) < 4.78 is 5.74. The van der Waals surface area contributed by atoms with E-state index in [0.717, 1.165) is 29.1 Å². The first-order valence-corrected chi connectivity index (χ1v) is 8.78. The van der Waals surface area contributed by atoms with Gasteiger partial charge in [-0.05, 0) is 61.6 Å². The Balaban J connectivity index is 1.83. The molecule has 0 bridgehead atoms. The molecule has 0 fully saturated rings. The van der Waals surface area contributed by atoms with E-state index in [1.807, 2.05) is 49.4 Å². The van der Waals surface area contributed by atoms with Gasteiger partial charge in [0.25, 0.3) is 0 Å². The zero-order valence-electron chi connectivity index (χ0n) is 15.6. The number of benzene rings is 2. The van der Waals surface area contributed by atoms with Gasteiger partial charge in [-0.1, -0.05) is 26.0 Å². The predicted octanol–water partition coefficient (Wildman–Crippen LogP) is 4.78. The zero-order valence-corrected chi connectivity index (χ0v) is 15.6. The molecule has 0 aliphatic carbocycles. The lowest BCUT2D eigenvalue weighted by molar-refractivity contribution is -0.114. The largest absolute Gasteiger partial charge is 0.494 e.